The van der Waals surface area contributed by atoms with Crippen molar-refractivity contribution >= 4 is 58.2 Å². The quantitative estimate of drug-likeness (QED) is 0.192. The van der Waals surface area contributed by atoms with E-state index >= 15 is 0 Å². The minimum Gasteiger partial charge on any atom is -0.505 e. The summed E-state index contributed by atoms with van der Waals surface area (Å²) in [6.07, 6.45) is 0. The highest BCUT2D eigenvalue weighted by Gasteiger charge is 2.25. The topological polar surface area (TPSA) is 234 Å². The molecule has 0 atom stereocenters. The first kappa shape index (κ1) is 23.5. The van der Waals surface area contributed by atoms with E-state index in [9.17, 15) is 44.0 Å². The summed E-state index contributed by atoms with van der Waals surface area (Å²) >= 11 is 0. The van der Waals surface area contributed by atoms with Crippen molar-refractivity contribution in [3.05, 3.63) is 42.5 Å². The summed E-state index contributed by atoms with van der Waals surface area (Å²) < 4.78 is 97.5. The Morgan fingerprint density at radius 3 is 1.91 bits per heavy atom. The van der Waals surface area contributed by atoms with Crippen LogP contribution in [0.15, 0.2) is 67.4 Å². The fourth-order valence-corrected chi connectivity index (χ4v) is 4.63. The zero-order valence-electron chi connectivity index (χ0n) is 15.5. The molecule has 16 heteroatoms. The molecular weight excluding hydrogens is 490 g/mol. The first-order valence-corrected chi connectivity index (χ1v) is 12.4. The number of rotatable bonds is 5. The van der Waals surface area contributed by atoms with Gasteiger partial charge in [-0.25, -0.2) is 0 Å². The molecule has 0 amide bonds. The van der Waals surface area contributed by atoms with Gasteiger partial charge in [0.05, 0.1) is 4.90 Å². The van der Waals surface area contributed by atoms with Gasteiger partial charge in [0.2, 0.25) is 0 Å². The Balaban J connectivity index is 2.37. The number of phenols is 1. The van der Waals surface area contributed by atoms with Gasteiger partial charge in [0.15, 0.2) is 5.75 Å². The van der Waals surface area contributed by atoms with Crippen LogP contribution < -0.4 is 5.73 Å². The van der Waals surface area contributed by atoms with E-state index < -0.39 is 67.9 Å². The minimum absolute atomic E-state index is 0.290. The predicted molar refractivity (Wildman–Crippen MR) is 110 cm³/mol. The number of benzene rings is 3. The van der Waals surface area contributed by atoms with Gasteiger partial charge in [0, 0.05) is 11.1 Å². The Morgan fingerprint density at radius 1 is 0.750 bits per heavy atom. The van der Waals surface area contributed by atoms with Crippen LogP contribution in [0, 0.1) is 0 Å². The number of azo groups is 1. The van der Waals surface area contributed by atoms with Gasteiger partial charge in [-0.15, -0.1) is 10.2 Å². The molecule has 6 N–H and O–H groups in total. The third kappa shape index (κ3) is 4.54. The van der Waals surface area contributed by atoms with E-state index in [0.717, 1.165) is 30.3 Å². The van der Waals surface area contributed by atoms with Gasteiger partial charge < -0.3 is 10.8 Å². The van der Waals surface area contributed by atoms with Crippen molar-refractivity contribution in [3.63, 3.8) is 0 Å². The number of phenolic OH excluding ortho intramolecular Hbond substituents is 1. The van der Waals surface area contributed by atoms with E-state index in [0.29, 0.717) is 0 Å². The van der Waals surface area contributed by atoms with E-state index in [1.54, 1.807) is 0 Å². The number of nitrogens with two attached hydrogens (primary N) is 1. The minimum atomic E-state index is -5.09. The Bertz CT molecular complexity index is 1610. The molecule has 13 nitrogen and oxygen atoms in total. The van der Waals surface area contributed by atoms with Crippen LogP contribution in [0.1, 0.15) is 0 Å². The van der Waals surface area contributed by atoms with Crippen LogP contribution in [0.25, 0.3) is 10.8 Å². The monoisotopic (exact) mass is 503 g/mol. The fourth-order valence-electron chi connectivity index (χ4n) is 2.80. The highest BCUT2D eigenvalue weighted by atomic mass is 32.2. The molecule has 3 aromatic carbocycles. The van der Waals surface area contributed by atoms with E-state index in [2.05, 4.69) is 10.2 Å². The second kappa shape index (κ2) is 7.76. The van der Waals surface area contributed by atoms with Gasteiger partial charge in [-0.1, -0.05) is 12.1 Å². The predicted octanol–water partition coefficient (Wildman–Crippen LogP) is 2.28. The number of anilines is 1. The Labute approximate surface area is 181 Å². The van der Waals surface area contributed by atoms with Crippen LogP contribution in [0.4, 0.5) is 17.1 Å². The highest BCUT2D eigenvalue weighted by molar-refractivity contribution is 7.86. The van der Waals surface area contributed by atoms with Crippen molar-refractivity contribution < 1.29 is 44.0 Å². The van der Waals surface area contributed by atoms with Crippen LogP contribution in [0.5, 0.6) is 5.75 Å². The molecule has 0 unspecified atom stereocenters. The smallest absolute Gasteiger partial charge is 0.296 e. The molecule has 3 rings (SSSR count). The Kier molecular flexibility index (Phi) is 5.71. The van der Waals surface area contributed by atoms with Crippen molar-refractivity contribution in [1.82, 2.24) is 0 Å². The number of hydrogen-bond donors (Lipinski definition) is 5. The second-order valence-corrected chi connectivity index (χ2v) is 10.5. The van der Waals surface area contributed by atoms with Gasteiger partial charge in [0.25, 0.3) is 30.4 Å². The lowest BCUT2D eigenvalue weighted by Gasteiger charge is -2.12. The third-order valence-corrected chi connectivity index (χ3v) is 6.73. The van der Waals surface area contributed by atoms with Gasteiger partial charge >= 0.3 is 0 Å². The van der Waals surface area contributed by atoms with Gasteiger partial charge in [-0.05, 0) is 35.7 Å². The number of aromatic hydroxyl groups is 1. The average molecular weight is 503 g/mol. The molecule has 0 aromatic heterocycles. The summed E-state index contributed by atoms with van der Waals surface area (Å²) in [5.41, 5.74) is 4.06. The van der Waals surface area contributed by atoms with Crippen LogP contribution in [0.3, 0.4) is 0 Å². The molecule has 0 heterocycles. The van der Waals surface area contributed by atoms with Gasteiger partial charge in [-0.2, -0.15) is 25.3 Å². The van der Waals surface area contributed by atoms with Crippen LogP contribution in [-0.2, 0) is 30.4 Å². The summed E-state index contributed by atoms with van der Waals surface area (Å²) in [6, 6.07) is 7.02. The second-order valence-electron chi connectivity index (χ2n) is 6.28. The molecule has 0 bridgehead atoms. The van der Waals surface area contributed by atoms with Crippen molar-refractivity contribution in [2.45, 2.75) is 14.7 Å². The summed E-state index contributed by atoms with van der Waals surface area (Å²) in [4.78, 5) is -2.41. The highest BCUT2D eigenvalue weighted by Crippen LogP contribution is 2.44. The summed E-state index contributed by atoms with van der Waals surface area (Å²) in [5.74, 6) is -0.942. The largest absolute Gasteiger partial charge is 0.505 e. The molecule has 0 saturated heterocycles. The van der Waals surface area contributed by atoms with E-state index in [-0.39, 0.29) is 10.8 Å². The Morgan fingerprint density at radius 2 is 1.34 bits per heavy atom. The maximum Gasteiger partial charge on any atom is 0.296 e. The lowest BCUT2D eigenvalue weighted by atomic mass is 10.1. The summed E-state index contributed by atoms with van der Waals surface area (Å²) in [6.45, 7) is 0. The van der Waals surface area contributed by atoms with Crippen LogP contribution in [-0.4, -0.2) is 44.0 Å². The standard InChI is InChI=1S/C16H13N3O10S3/c17-10-7-9(30(21,22)23)5-8-6-13(32(27,28)29)15(16(20)14(8)10)19-18-11-3-1-2-4-12(11)31(24,25)26/h1-7,20H,17H2,(H,21,22,23)(H,24,25,26)(H,27,28,29)/b19-18+. The molecule has 0 spiro atoms. The van der Waals surface area contributed by atoms with E-state index in [1.165, 1.54) is 12.1 Å². The van der Waals surface area contributed by atoms with Gasteiger partial charge in [-0.3, -0.25) is 13.7 Å². The van der Waals surface area contributed by atoms with Crippen LogP contribution in [0.2, 0.25) is 0 Å². The van der Waals surface area contributed by atoms with Crippen LogP contribution >= 0.6 is 0 Å². The van der Waals surface area contributed by atoms with Gasteiger partial charge in [0.1, 0.15) is 21.2 Å². The molecule has 170 valence electrons. The number of hydrogen-bond acceptors (Lipinski definition) is 10. The SMILES string of the molecule is Nc1cc(S(=O)(=O)O)cc2cc(S(=O)(=O)O)c(/N=N/c3ccccc3S(=O)(=O)O)c(O)c12. The lowest BCUT2D eigenvalue weighted by Crippen LogP contribution is -2.02. The molecule has 0 aliphatic heterocycles. The lowest BCUT2D eigenvalue weighted by molar-refractivity contribution is 0.472. The van der Waals surface area contributed by atoms with E-state index in [4.69, 9.17) is 5.73 Å². The van der Waals surface area contributed by atoms with Crippen molar-refractivity contribution in [3.8, 4) is 5.75 Å². The molecule has 0 fully saturated rings. The zero-order chi connectivity index (χ0) is 24.1. The maximum absolute atomic E-state index is 11.9. The molecule has 0 aliphatic carbocycles. The first-order valence-electron chi connectivity index (χ1n) is 8.13. The van der Waals surface area contributed by atoms with Crippen molar-refractivity contribution in [2.24, 2.45) is 10.2 Å². The first-order chi connectivity index (χ1) is 14.6. The van der Waals surface area contributed by atoms with E-state index in [1.807, 2.05) is 0 Å². The normalized spacial score (nSPS) is 13.1. The zero-order valence-corrected chi connectivity index (χ0v) is 17.9. The number of fused-ring (bicyclic) bond motifs is 1. The molecule has 32 heavy (non-hydrogen) atoms. The third-order valence-electron chi connectivity index (χ3n) is 4.13. The molecule has 0 aliphatic rings. The van der Waals surface area contributed by atoms with Crippen molar-refractivity contribution in [1.29, 1.82) is 0 Å². The maximum atomic E-state index is 11.9. The number of nitrogens with zero attached hydrogens (tertiary/aromatic N) is 2. The van der Waals surface area contributed by atoms with Crippen molar-refractivity contribution in [2.75, 3.05) is 5.73 Å². The molecule has 3 aromatic rings. The molecule has 0 radical (unpaired) electrons. The summed E-state index contributed by atoms with van der Waals surface area (Å²) in [5, 5.41) is 17.1. The molecular formula is C16H13N3O10S3. The average Bonchev–Trinajstić information content (AvgIpc) is 2.64. The number of nitrogen functional groups attached to an aromatic ring is 1. The fraction of sp³-hybridized carbons (Fsp3) is 0. The Hall–Kier alpha value is -3.15. The summed E-state index contributed by atoms with van der Waals surface area (Å²) in [7, 11) is -14.6. The molecule has 0 saturated carbocycles.